The molecule has 128 valence electrons. The Labute approximate surface area is 143 Å². The molecule has 5 heteroatoms. The SMILES string of the molecule is CC(C)(C)OC(=O)N1CCCC1CNc1cccc2cccnc12. The number of ether oxygens (including phenoxy) is 1. The number of rotatable bonds is 3. The standard InChI is InChI=1S/C19H25N3O2/c1-19(2,3)24-18(23)22-12-6-9-15(22)13-21-16-10-4-7-14-8-5-11-20-17(14)16/h4-5,7-8,10-11,15,21H,6,9,12-13H2,1-3H3. The van der Waals surface area contributed by atoms with Gasteiger partial charge in [-0.3, -0.25) is 4.98 Å². The number of aromatic nitrogens is 1. The lowest BCUT2D eigenvalue weighted by Gasteiger charge is -2.29. The lowest BCUT2D eigenvalue weighted by atomic mass is 10.1. The largest absolute Gasteiger partial charge is 0.444 e. The van der Waals surface area contributed by atoms with Gasteiger partial charge in [0.25, 0.3) is 0 Å². The molecule has 0 aliphatic carbocycles. The molecule has 0 saturated carbocycles. The normalized spacial score (nSPS) is 18.0. The smallest absolute Gasteiger partial charge is 0.410 e. The minimum absolute atomic E-state index is 0.152. The third-order valence-electron chi connectivity index (χ3n) is 4.17. The molecule has 1 aromatic carbocycles. The molecule has 1 saturated heterocycles. The van der Waals surface area contributed by atoms with Crippen LogP contribution in [0.1, 0.15) is 33.6 Å². The van der Waals surface area contributed by atoms with Crippen molar-refractivity contribution >= 4 is 22.7 Å². The van der Waals surface area contributed by atoms with Gasteiger partial charge in [0.2, 0.25) is 0 Å². The van der Waals surface area contributed by atoms with E-state index in [0.717, 1.165) is 36.0 Å². The number of amides is 1. The molecule has 1 unspecified atom stereocenters. The van der Waals surface area contributed by atoms with Gasteiger partial charge in [-0.2, -0.15) is 0 Å². The summed E-state index contributed by atoms with van der Waals surface area (Å²) in [4.78, 5) is 18.7. The fourth-order valence-electron chi connectivity index (χ4n) is 3.08. The third kappa shape index (κ3) is 3.78. The predicted molar refractivity (Wildman–Crippen MR) is 96.2 cm³/mol. The molecule has 24 heavy (non-hydrogen) atoms. The number of likely N-dealkylation sites (tertiary alicyclic amines) is 1. The van der Waals surface area contributed by atoms with Crippen molar-refractivity contribution < 1.29 is 9.53 Å². The van der Waals surface area contributed by atoms with E-state index in [1.165, 1.54) is 0 Å². The zero-order chi connectivity index (χ0) is 17.2. The highest BCUT2D eigenvalue weighted by molar-refractivity contribution is 5.90. The molecule has 0 bridgehead atoms. The Balaban J connectivity index is 1.68. The second-order valence-electron chi connectivity index (χ2n) is 7.23. The summed E-state index contributed by atoms with van der Waals surface area (Å²) in [5, 5.41) is 4.57. The number of anilines is 1. The van der Waals surface area contributed by atoms with Crippen molar-refractivity contribution in [1.82, 2.24) is 9.88 Å². The van der Waals surface area contributed by atoms with Crippen LogP contribution >= 0.6 is 0 Å². The van der Waals surface area contributed by atoms with Gasteiger partial charge in [0.1, 0.15) is 5.60 Å². The van der Waals surface area contributed by atoms with Crippen molar-refractivity contribution in [2.75, 3.05) is 18.4 Å². The minimum atomic E-state index is -0.461. The van der Waals surface area contributed by atoms with Gasteiger partial charge in [-0.15, -0.1) is 0 Å². The van der Waals surface area contributed by atoms with Gasteiger partial charge < -0.3 is 15.0 Å². The number of benzene rings is 1. The van der Waals surface area contributed by atoms with Crippen molar-refractivity contribution in [3.05, 3.63) is 36.5 Å². The Morgan fingerprint density at radius 2 is 2.12 bits per heavy atom. The Morgan fingerprint density at radius 1 is 1.33 bits per heavy atom. The number of carbonyl (C=O) groups is 1. The first kappa shape index (κ1) is 16.6. The van der Waals surface area contributed by atoms with E-state index < -0.39 is 5.60 Å². The fourth-order valence-corrected chi connectivity index (χ4v) is 3.08. The highest BCUT2D eigenvalue weighted by Crippen LogP contribution is 2.24. The number of para-hydroxylation sites is 1. The van der Waals surface area contributed by atoms with Crippen molar-refractivity contribution in [2.24, 2.45) is 0 Å². The number of nitrogens with zero attached hydrogens (tertiary/aromatic N) is 2. The van der Waals surface area contributed by atoms with Crippen LogP contribution in [0.2, 0.25) is 0 Å². The summed E-state index contributed by atoms with van der Waals surface area (Å²) >= 11 is 0. The first-order valence-electron chi connectivity index (χ1n) is 8.51. The van der Waals surface area contributed by atoms with Crippen LogP contribution in [0.25, 0.3) is 10.9 Å². The van der Waals surface area contributed by atoms with E-state index >= 15 is 0 Å². The lowest BCUT2D eigenvalue weighted by Crippen LogP contribution is -2.42. The van der Waals surface area contributed by atoms with E-state index in [1.807, 2.05) is 43.9 Å². The zero-order valence-corrected chi connectivity index (χ0v) is 14.6. The molecular weight excluding hydrogens is 302 g/mol. The summed E-state index contributed by atoms with van der Waals surface area (Å²) in [5.74, 6) is 0. The molecule has 0 radical (unpaired) electrons. The molecule has 1 N–H and O–H groups in total. The first-order valence-corrected chi connectivity index (χ1v) is 8.51. The number of nitrogens with one attached hydrogen (secondary N) is 1. The topological polar surface area (TPSA) is 54.5 Å². The van der Waals surface area contributed by atoms with Crippen LogP contribution < -0.4 is 5.32 Å². The van der Waals surface area contributed by atoms with Crippen LogP contribution in [-0.4, -0.2) is 40.7 Å². The highest BCUT2D eigenvalue weighted by Gasteiger charge is 2.31. The van der Waals surface area contributed by atoms with E-state index in [-0.39, 0.29) is 12.1 Å². The molecule has 1 fully saturated rings. The molecule has 1 aliphatic heterocycles. The second kappa shape index (κ2) is 6.67. The monoisotopic (exact) mass is 327 g/mol. The van der Waals surface area contributed by atoms with Crippen LogP contribution in [0, 0.1) is 0 Å². The highest BCUT2D eigenvalue weighted by atomic mass is 16.6. The minimum Gasteiger partial charge on any atom is -0.444 e. The molecule has 2 aromatic rings. The Bertz CT molecular complexity index is 719. The molecular formula is C19H25N3O2. The lowest BCUT2D eigenvalue weighted by molar-refractivity contribution is 0.0235. The fraction of sp³-hybridized carbons (Fsp3) is 0.474. The van der Waals surface area contributed by atoms with E-state index in [9.17, 15) is 4.79 Å². The number of pyridine rings is 1. The maximum atomic E-state index is 12.4. The van der Waals surface area contributed by atoms with E-state index in [4.69, 9.17) is 4.74 Å². The van der Waals surface area contributed by atoms with Gasteiger partial charge in [-0.1, -0.05) is 18.2 Å². The second-order valence-corrected chi connectivity index (χ2v) is 7.23. The molecule has 3 rings (SSSR count). The maximum Gasteiger partial charge on any atom is 0.410 e. The number of fused-ring (bicyclic) bond motifs is 1. The molecule has 1 amide bonds. The van der Waals surface area contributed by atoms with Gasteiger partial charge >= 0.3 is 6.09 Å². The summed E-state index contributed by atoms with van der Waals surface area (Å²) in [6, 6.07) is 10.2. The van der Waals surface area contributed by atoms with Crippen molar-refractivity contribution in [1.29, 1.82) is 0 Å². The molecule has 1 aromatic heterocycles. The summed E-state index contributed by atoms with van der Waals surface area (Å²) < 4.78 is 5.52. The zero-order valence-electron chi connectivity index (χ0n) is 14.6. The molecule has 2 heterocycles. The van der Waals surface area contributed by atoms with Crippen molar-refractivity contribution in [3.8, 4) is 0 Å². The summed E-state index contributed by atoms with van der Waals surface area (Å²) in [5.41, 5.74) is 1.50. The molecule has 0 spiro atoms. The van der Waals surface area contributed by atoms with E-state index in [1.54, 1.807) is 6.20 Å². The van der Waals surface area contributed by atoms with Gasteiger partial charge in [0.15, 0.2) is 0 Å². The van der Waals surface area contributed by atoms with E-state index in [0.29, 0.717) is 6.54 Å². The van der Waals surface area contributed by atoms with Crippen LogP contribution in [-0.2, 0) is 4.74 Å². The first-order chi connectivity index (χ1) is 11.4. The Morgan fingerprint density at radius 3 is 2.92 bits per heavy atom. The summed E-state index contributed by atoms with van der Waals surface area (Å²) in [6.45, 7) is 7.16. The molecule has 5 nitrogen and oxygen atoms in total. The predicted octanol–water partition coefficient (Wildman–Crippen LogP) is 4.05. The van der Waals surface area contributed by atoms with Gasteiger partial charge in [0.05, 0.1) is 17.2 Å². The summed E-state index contributed by atoms with van der Waals surface area (Å²) in [7, 11) is 0. The van der Waals surface area contributed by atoms with Crippen molar-refractivity contribution in [2.45, 2.75) is 45.3 Å². The van der Waals surface area contributed by atoms with Crippen LogP contribution in [0.15, 0.2) is 36.5 Å². The van der Waals surface area contributed by atoms with Crippen LogP contribution in [0.3, 0.4) is 0 Å². The quantitative estimate of drug-likeness (QED) is 0.924. The third-order valence-corrected chi connectivity index (χ3v) is 4.17. The van der Waals surface area contributed by atoms with Gasteiger partial charge in [-0.05, 0) is 45.7 Å². The van der Waals surface area contributed by atoms with Crippen LogP contribution in [0.4, 0.5) is 10.5 Å². The Hall–Kier alpha value is -2.30. The number of hydrogen-bond acceptors (Lipinski definition) is 4. The van der Waals surface area contributed by atoms with E-state index in [2.05, 4.69) is 22.4 Å². The van der Waals surface area contributed by atoms with Gasteiger partial charge in [-0.25, -0.2) is 4.79 Å². The average Bonchev–Trinajstić information content (AvgIpc) is 3.00. The average molecular weight is 327 g/mol. The molecule has 1 atom stereocenters. The number of hydrogen-bond donors (Lipinski definition) is 1. The maximum absolute atomic E-state index is 12.4. The van der Waals surface area contributed by atoms with Gasteiger partial charge in [0, 0.05) is 24.7 Å². The van der Waals surface area contributed by atoms with Crippen LogP contribution in [0.5, 0.6) is 0 Å². The summed E-state index contributed by atoms with van der Waals surface area (Å²) in [6.07, 6.45) is 3.59. The molecule has 1 aliphatic rings. The number of carbonyl (C=O) groups excluding carboxylic acids is 1. The Kier molecular flexibility index (Phi) is 4.60. The van der Waals surface area contributed by atoms with Crippen molar-refractivity contribution in [3.63, 3.8) is 0 Å².